The number of aliphatic carboxylic acids is 1. The van der Waals surface area contributed by atoms with Crippen molar-refractivity contribution in [1.82, 2.24) is 10.6 Å². The van der Waals surface area contributed by atoms with Gasteiger partial charge in [-0.3, -0.25) is 9.59 Å². The van der Waals surface area contributed by atoms with Gasteiger partial charge in [0.2, 0.25) is 5.91 Å². The second kappa shape index (κ2) is 10.1. The molecule has 1 saturated carbocycles. The number of carbonyl (C=O) groups is 3. The van der Waals surface area contributed by atoms with Crippen LogP contribution in [0.25, 0.3) is 11.1 Å². The lowest BCUT2D eigenvalue weighted by molar-refractivity contribution is -0.139. The summed E-state index contributed by atoms with van der Waals surface area (Å²) in [4.78, 5) is 35.6. The summed E-state index contributed by atoms with van der Waals surface area (Å²) < 4.78 is 5.58. The van der Waals surface area contributed by atoms with E-state index in [-0.39, 0.29) is 49.3 Å². The number of hydrogen-bond acceptors (Lipinski definition) is 4. The summed E-state index contributed by atoms with van der Waals surface area (Å²) in [7, 11) is 0. The fraction of sp³-hybridized carbons (Fsp3) is 0.423. The lowest BCUT2D eigenvalue weighted by Crippen LogP contribution is -2.47. The van der Waals surface area contributed by atoms with Gasteiger partial charge in [0.15, 0.2) is 0 Å². The quantitative estimate of drug-likeness (QED) is 0.534. The molecule has 2 aromatic rings. The molecule has 4 rings (SSSR count). The van der Waals surface area contributed by atoms with Crippen LogP contribution in [-0.4, -0.2) is 41.8 Å². The van der Waals surface area contributed by atoms with Gasteiger partial charge in [-0.1, -0.05) is 55.5 Å². The normalized spacial score (nSPS) is 19.5. The van der Waals surface area contributed by atoms with E-state index < -0.39 is 12.1 Å². The first-order valence-corrected chi connectivity index (χ1v) is 11.6. The molecule has 1 fully saturated rings. The molecule has 3 N–H and O–H groups in total. The topological polar surface area (TPSA) is 105 Å². The molecule has 1 unspecified atom stereocenters. The van der Waals surface area contributed by atoms with Crippen molar-refractivity contribution in [1.29, 1.82) is 0 Å². The molecule has 1 atom stereocenters. The monoisotopic (exact) mass is 450 g/mol. The van der Waals surface area contributed by atoms with Gasteiger partial charge in [-0.2, -0.15) is 0 Å². The summed E-state index contributed by atoms with van der Waals surface area (Å²) >= 11 is 0. The Morgan fingerprint density at radius 1 is 1.03 bits per heavy atom. The summed E-state index contributed by atoms with van der Waals surface area (Å²) in [6.07, 6.45) is 1.77. The number of nitrogens with one attached hydrogen (secondary N) is 2. The Morgan fingerprint density at radius 2 is 1.64 bits per heavy atom. The highest BCUT2D eigenvalue weighted by Gasteiger charge is 2.32. The zero-order valence-electron chi connectivity index (χ0n) is 18.8. The molecule has 2 amide bonds. The summed E-state index contributed by atoms with van der Waals surface area (Å²) in [5.41, 5.74) is 4.65. The number of carbonyl (C=O) groups excluding carboxylic acids is 2. The minimum Gasteiger partial charge on any atom is -0.481 e. The van der Waals surface area contributed by atoms with Crippen molar-refractivity contribution < 1.29 is 24.2 Å². The molecular formula is C26H30N2O5. The van der Waals surface area contributed by atoms with Crippen LogP contribution >= 0.6 is 0 Å². The minimum absolute atomic E-state index is 0.0103. The Morgan fingerprint density at radius 3 is 2.21 bits per heavy atom. The fourth-order valence-corrected chi connectivity index (χ4v) is 4.88. The molecule has 0 aliphatic heterocycles. The molecule has 33 heavy (non-hydrogen) atoms. The van der Waals surface area contributed by atoms with Gasteiger partial charge in [-0.05, 0) is 47.4 Å². The van der Waals surface area contributed by atoms with E-state index in [0.717, 1.165) is 11.1 Å². The van der Waals surface area contributed by atoms with Gasteiger partial charge in [-0.15, -0.1) is 0 Å². The number of ether oxygens (including phenoxy) is 1. The molecule has 0 radical (unpaired) electrons. The van der Waals surface area contributed by atoms with Gasteiger partial charge in [0.1, 0.15) is 6.61 Å². The van der Waals surface area contributed by atoms with Crippen molar-refractivity contribution in [3.8, 4) is 11.1 Å². The van der Waals surface area contributed by atoms with Crippen LogP contribution in [0.15, 0.2) is 48.5 Å². The van der Waals surface area contributed by atoms with Crippen LogP contribution in [0, 0.1) is 5.92 Å². The highest BCUT2D eigenvalue weighted by molar-refractivity contribution is 5.80. The zero-order valence-corrected chi connectivity index (χ0v) is 18.8. The number of carboxylic acid groups (broad SMARTS) is 1. The third-order valence-corrected chi connectivity index (χ3v) is 6.65. The zero-order chi connectivity index (χ0) is 23.4. The molecule has 2 aliphatic rings. The summed E-state index contributed by atoms with van der Waals surface area (Å²) in [5, 5.41) is 14.6. The van der Waals surface area contributed by atoms with Crippen molar-refractivity contribution in [3.05, 3.63) is 59.7 Å². The van der Waals surface area contributed by atoms with Gasteiger partial charge in [-0.25, -0.2) is 4.79 Å². The Bertz CT molecular complexity index is 985. The second-order valence-corrected chi connectivity index (χ2v) is 8.98. The van der Waals surface area contributed by atoms with Crippen molar-refractivity contribution in [2.45, 2.75) is 57.0 Å². The van der Waals surface area contributed by atoms with Crippen LogP contribution in [-0.2, 0) is 14.3 Å². The molecule has 2 aromatic carbocycles. The molecule has 0 bridgehead atoms. The standard InChI is InChI=1S/C26H30N2O5/c1-2-17(14-24(29)27-18-11-16(12-18)13-25(30)31)28-26(32)33-15-23-21-9-5-3-7-19(21)20-8-4-6-10-22(20)23/h3-10,16-18,23H,2,11-15H2,1H3,(H,27,29)(H,28,32)(H,30,31). The van der Waals surface area contributed by atoms with Crippen LogP contribution in [0.4, 0.5) is 4.79 Å². The molecular weight excluding hydrogens is 420 g/mol. The van der Waals surface area contributed by atoms with E-state index in [1.54, 1.807) is 0 Å². The van der Waals surface area contributed by atoms with Crippen molar-refractivity contribution in [2.75, 3.05) is 6.61 Å². The molecule has 0 saturated heterocycles. The Balaban J connectivity index is 1.25. The van der Waals surface area contributed by atoms with Gasteiger partial charge < -0.3 is 20.5 Å². The Hall–Kier alpha value is -3.35. The van der Waals surface area contributed by atoms with E-state index in [4.69, 9.17) is 9.84 Å². The molecule has 7 heteroatoms. The van der Waals surface area contributed by atoms with E-state index in [9.17, 15) is 14.4 Å². The number of fused-ring (bicyclic) bond motifs is 3. The Labute approximate surface area is 193 Å². The molecule has 2 aliphatic carbocycles. The molecule has 0 spiro atoms. The van der Waals surface area contributed by atoms with Crippen LogP contribution in [0.5, 0.6) is 0 Å². The number of benzene rings is 2. The number of rotatable bonds is 9. The van der Waals surface area contributed by atoms with E-state index in [2.05, 4.69) is 34.9 Å². The van der Waals surface area contributed by atoms with Gasteiger partial charge in [0.25, 0.3) is 0 Å². The molecule has 7 nitrogen and oxygen atoms in total. The molecule has 174 valence electrons. The number of hydrogen-bond donors (Lipinski definition) is 3. The van der Waals surface area contributed by atoms with Crippen molar-refractivity contribution in [3.63, 3.8) is 0 Å². The van der Waals surface area contributed by atoms with Crippen LogP contribution in [0.3, 0.4) is 0 Å². The van der Waals surface area contributed by atoms with E-state index in [0.29, 0.717) is 19.3 Å². The highest BCUT2D eigenvalue weighted by atomic mass is 16.5. The van der Waals surface area contributed by atoms with Gasteiger partial charge in [0.05, 0.1) is 0 Å². The maximum atomic E-state index is 12.5. The number of alkyl carbamates (subject to hydrolysis) is 1. The average Bonchev–Trinajstić information content (AvgIpc) is 3.09. The molecule has 0 heterocycles. The predicted molar refractivity (Wildman–Crippen MR) is 124 cm³/mol. The average molecular weight is 451 g/mol. The first kappa shape index (κ1) is 22.8. The minimum atomic E-state index is -0.803. The Kier molecular flexibility index (Phi) is 6.96. The highest BCUT2D eigenvalue weighted by Crippen LogP contribution is 2.44. The summed E-state index contributed by atoms with van der Waals surface area (Å²) in [6, 6.07) is 16.0. The second-order valence-electron chi connectivity index (χ2n) is 8.98. The van der Waals surface area contributed by atoms with Crippen molar-refractivity contribution >= 4 is 18.0 Å². The lowest BCUT2D eigenvalue weighted by Gasteiger charge is -2.35. The third-order valence-electron chi connectivity index (χ3n) is 6.65. The first-order chi connectivity index (χ1) is 15.9. The number of carboxylic acids is 1. The third kappa shape index (κ3) is 5.35. The van der Waals surface area contributed by atoms with Crippen LogP contribution < -0.4 is 10.6 Å². The fourth-order valence-electron chi connectivity index (χ4n) is 4.88. The van der Waals surface area contributed by atoms with Crippen molar-refractivity contribution in [2.24, 2.45) is 5.92 Å². The van der Waals surface area contributed by atoms with Gasteiger partial charge in [0, 0.05) is 30.8 Å². The first-order valence-electron chi connectivity index (χ1n) is 11.6. The summed E-state index contributed by atoms with van der Waals surface area (Å²) in [6.45, 7) is 2.14. The molecule has 0 aromatic heterocycles. The SMILES string of the molecule is CCC(CC(=O)NC1CC(CC(=O)O)C1)NC(=O)OCC1c2ccccc2-c2ccccc21. The predicted octanol–water partition coefficient (Wildman–Crippen LogP) is 4.06. The maximum Gasteiger partial charge on any atom is 0.407 e. The number of amides is 2. The largest absolute Gasteiger partial charge is 0.481 e. The van der Waals surface area contributed by atoms with Crippen LogP contribution in [0.1, 0.15) is 56.1 Å². The van der Waals surface area contributed by atoms with E-state index in [1.807, 2.05) is 31.2 Å². The van der Waals surface area contributed by atoms with E-state index in [1.165, 1.54) is 11.1 Å². The smallest absolute Gasteiger partial charge is 0.407 e. The van der Waals surface area contributed by atoms with Gasteiger partial charge >= 0.3 is 12.1 Å². The van der Waals surface area contributed by atoms with Crippen LogP contribution in [0.2, 0.25) is 0 Å². The summed E-state index contributed by atoms with van der Waals surface area (Å²) in [5.74, 6) is -0.819. The van der Waals surface area contributed by atoms with E-state index >= 15 is 0 Å². The maximum absolute atomic E-state index is 12.5. The lowest BCUT2D eigenvalue weighted by atomic mass is 9.78.